The van der Waals surface area contributed by atoms with E-state index in [0.717, 1.165) is 80.3 Å². The summed E-state index contributed by atoms with van der Waals surface area (Å²) < 4.78 is 2.17. The fraction of sp³-hybridized carbons (Fsp3) is 0.500. The van der Waals surface area contributed by atoms with Crippen molar-refractivity contribution >= 4 is 29.1 Å². The number of hydrogen-bond donors (Lipinski definition) is 0. The highest BCUT2D eigenvalue weighted by molar-refractivity contribution is 7.99. The van der Waals surface area contributed by atoms with Crippen molar-refractivity contribution < 1.29 is 4.79 Å². The molecule has 0 spiro atoms. The van der Waals surface area contributed by atoms with Gasteiger partial charge in [-0.2, -0.15) is 4.98 Å². The fourth-order valence-corrected chi connectivity index (χ4v) is 5.97. The summed E-state index contributed by atoms with van der Waals surface area (Å²) in [6, 6.07) is 7.12. The summed E-state index contributed by atoms with van der Waals surface area (Å²) in [4.78, 5) is 40.3. The number of carbonyl (C=O) groups excluding carboxylic acids is 1. The monoisotopic (exact) mass is 567 g/mol. The zero-order valence-corrected chi connectivity index (χ0v) is 24.1. The first kappa shape index (κ1) is 29.4. The van der Waals surface area contributed by atoms with E-state index < -0.39 is 0 Å². The second-order valence-electron chi connectivity index (χ2n) is 10.2. The molecule has 7 nitrogen and oxygen atoms in total. The van der Waals surface area contributed by atoms with E-state index in [4.69, 9.17) is 11.6 Å². The molecule has 3 heterocycles. The first-order valence-corrected chi connectivity index (χ1v) is 15.4. The molecule has 0 unspecified atom stereocenters. The van der Waals surface area contributed by atoms with Crippen molar-refractivity contribution in [2.45, 2.75) is 75.9 Å². The molecule has 3 aromatic rings. The Morgan fingerprint density at radius 2 is 1.64 bits per heavy atom. The summed E-state index contributed by atoms with van der Waals surface area (Å²) in [5.74, 6) is 1.10. The van der Waals surface area contributed by atoms with E-state index in [1.165, 1.54) is 25.6 Å². The molecule has 39 heavy (non-hydrogen) atoms. The predicted molar refractivity (Wildman–Crippen MR) is 158 cm³/mol. The number of aromatic nitrogens is 4. The number of benzene rings is 1. The molecule has 1 saturated heterocycles. The molecule has 9 heteroatoms. The van der Waals surface area contributed by atoms with Gasteiger partial charge >= 0.3 is 0 Å². The highest BCUT2D eigenvalue weighted by Gasteiger charge is 2.14. The average Bonchev–Trinajstić information content (AvgIpc) is 2.96. The van der Waals surface area contributed by atoms with Crippen LogP contribution in [-0.2, 0) is 13.0 Å². The van der Waals surface area contributed by atoms with Crippen molar-refractivity contribution in [1.29, 1.82) is 0 Å². The number of ketones is 1. The summed E-state index contributed by atoms with van der Waals surface area (Å²) >= 11 is 7.58. The number of hydrogen-bond acceptors (Lipinski definition) is 7. The predicted octanol–water partition coefficient (Wildman–Crippen LogP) is 6.08. The molecule has 0 N–H and O–H groups in total. The minimum atomic E-state index is -0.166. The molecule has 1 aliphatic heterocycles. The van der Waals surface area contributed by atoms with Gasteiger partial charge < -0.3 is 9.47 Å². The molecule has 1 fully saturated rings. The highest BCUT2D eigenvalue weighted by atomic mass is 35.5. The molecule has 0 bridgehead atoms. The van der Waals surface area contributed by atoms with Crippen molar-refractivity contribution in [3.05, 3.63) is 81.3 Å². The number of piperidine rings is 1. The Labute approximate surface area is 240 Å². The molecule has 0 aliphatic carbocycles. The second kappa shape index (κ2) is 15.9. The van der Waals surface area contributed by atoms with Crippen LogP contribution in [-0.4, -0.2) is 55.6 Å². The third-order valence-corrected chi connectivity index (χ3v) is 8.42. The molecular formula is C30H38ClN5O2S. The second-order valence-corrected chi connectivity index (χ2v) is 11.7. The molecule has 0 saturated carbocycles. The van der Waals surface area contributed by atoms with Gasteiger partial charge in [-0.25, -0.2) is 9.97 Å². The van der Waals surface area contributed by atoms with Crippen molar-refractivity contribution in [2.75, 3.05) is 25.4 Å². The largest absolute Gasteiger partial charge is 0.326 e. The molecule has 1 aliphatic rings. The van der Waals surface area contributed by atoms with Gasteiger partial charge in [-0.3, -0.25) is 9.59 Å². The third-order valence-electron chi connectivity index (χ3n) is 7.09. The molecule has 4 rings (SSSR count). The van der Waals surface area contributed by atoms with Gasteiger partial charge in [0, 0.05) is 66.4 Å². The SMILES string of the molecule is O=C(CCCCCCCSc1nc(=O)c(Cc2cncnc2)cn1CCN1CCCCC1)c1ccc(Cl)cc1. The van der Waals surface area contributed by atoms with E-state index in [0.29, 0.717) is 23.4 Å². The normalized spacial score (nSPS) is 14.0. The van der Waals surface area contributed by atoms with E-state index >= 15 is 0 Å². The van der Waals surface area contributed by atoms with Crippen LogP contribution in [0.5, 0.6) is 0 Å². The standard InChI is InChI=1S/C30H38ClN5O2S/c31-27-12-10-25(11-13-27)28(37)9-5-2-1-3-8-18-39-30-34-29(38)26(19-24-20-32-23-33-21-24)22-36(30)17-16-35-14-6-4-7-15-35/h10-13,20-23H,1-9,14-19H2. The summed E-state index contributed by atoms with van der Waals surface area (Å²) in [6.45, 7) is 4.10. The van der Waals surface area contributed by atoms with Gasteiger partial charge in [-0.1, -0.05) is 49.0 Å². The Balaban J connectivity index is 1.24. The molecule has 0 radical (unpaired) electrons. The summed E-state index contributed by atoms with van der Waals surface area (Å²) in [5.41, 5.74) is 2.16. The summed E-state index contributed by atoms with van der Waals surface area (Å²) in [7, 11) is 0. The van der Waals surface area contributed by atoms with Crippen LogP contribution < -0.4 is 5.56 Å². The number of nitrogens with zero attached hydrogens (tertiary/aromatic N) is 5. The van der Waals surface area contributed by atoms with Crippen LogP contribution in [0, 0.1) is 0 Å². The number of thioether (sulfide) groups is 1. The van der Waals surface area contributed by atoms with Crippen LogP contribution in [0.15, 0.2) is 59.1 Å². The Morgan fingerprint density at radius 3 is 2.41 bits per heavy atom. The van der Waals surface area contributed by atoms with Crippen LogP contribution >= 0.6 is 23.4 Å². The van der Waals surface area contributed by atoms with Gasteiger partial charge in [-0.05, 0) is 68.6 Å². The van der Waals surface area contributed by atoms with E-state index in [1.54, 1.807) is 48.4 Å². The summed E-state index contributed by atoms with van der Waals surface area (Å²) in [6.07, 6.45) is 17.1. The van der Waals surface area contributed by atoms with Gasteiger partial charge in [0.1, 0.15) is 6.33 Å². The molecular weight excluding hydrogens is 530 g/mol. The number of unbranched alkanes of at least 4 members (excludes halogenated alkanes) is 4. The third kappa shape index (κ3) is 9.85. The molecule has 208 valence electrons. The Kier molecular flexibility index (Phi) is 12.0. The maximum atomic E-state index is 12.9. The van der Waals surface area contributed by atoms with Gasteiger partial charge in [0.05, 0.1) is 0 Å². The Bertz CT molecular complexity index is 1230. The van der Waals surface area contributed by atoms with Crippen molar-refractivity contribution in [3.8, 4) is 0 Å². The average molecular weight is 568 g/mol. The van der Waals surface area contributed by atoms with Crippen molar-refractivity contribution in [3.63, 3.8) is 0 Å². The van der Waals surface area contributed by atoms with E-state index in [1.807, 2.05) is 6.20 Å². The Hall–Kier alpha value is -2.55. The zero-order valence-electron chi connectivity index (χ0n) is 22.6. The highest BCUT2D eigenvalue weighted by Crippen LogP contribution is 2.20. The number of rotatable bonds is 15. The molecule has 2 aromatic heterocycles. The molecule has 1 aromatic carbocycles. The lowest BCUT2D eigenvalue weighted by atomic mass is 10.0. The van der Waals surface area contributed by atoms with Crippen LogP contribution in [0.2, 0.25) is 5.02 Å². The van der Waals surface area contributed by atoms with Crippen LogP contribution in [0.25, 0.3) is 0 Å². The van der Waals surface area contributed by atoms with Crippen molar-refractivity contribution in [1.82, 2.24) is 24.4 Å². The lowest BCUT2D eigenvalue weighted by Gasteiger charge is -2.27. The van der Waals surface area contributed by atoms with Gasteiger partial charge in [0.2, 0.25) is 0 Å². The lowest BCUT2D eigenvalue weighted by molar-refractivity contribution is 0.0979. The van der Waals surface area contributed by atoms with Crippen LogP contribution in [0.4, 0.5) is 0 Å². The maximum absolute atomic E-state index is 12.9. The maximum Gasteiger partial charge on any atom is 0.277 e. The van der Waals surface area contributed by atoms with Crippen LogP contribution in [0.1, 0.15) is 79.3 Å². The minimum absolute atomic E-state index is 0.166. The fourth-order valence-electron chi connectivity index (χ4n) is 4.85. The number of halogens is 1. The van der Waals surface area contributed by atoms with E-state index in [2.05, 4.69) is 24.4 Å². The quantitative estimate of drug-likeness (QED) is 0.0952. The number of carbonyl (C=O) groups is 1. The van der Waals surface area contributed by atoms with Gasteiger partial charge in [-0.15, -0.1) is 0 Å². The first-order chi connectivity index (χ1) is 19.1. The van der Waals surface area contributed by atoms with Gasteiger partial charge in [0.25, 0.3) is 5.56 Å². The number of Topliss-reactive ketones (excluding diaryl/α,β-unsaturated/α-hetero) is 1. The summed E-state index contributed by atoms with van der Waals surface area (Å²) in [5, 5.41) is 1.45. The van der Waals surface area contributed by atoms with E-state index in [9.17, 15) is 9.59 Å². The number of likely N-dealkylation sites (tertiary alicyclic amines) is 1. The Morgan fingerprint density at radius 1 is 0.923 bits per heavy atom. The van der Waals surface area contributed by atoms with Crippen LogP contribution in [0.3, 0.4) is 0 Å². The smallest absolute Gasteiger partial charge is 0.277 e. The van der Waals surface area contributed by atoms with E-state index in [-0.39, 0.29) is 11.3 Å². The minimum Gasteiger partial charge on any atom is -0.326 e. The van der Waals surface area contributed by atoms with Gasteiger partial charge in [0.15, 0.2) is 10.9 Å². The molecule has 0 atom stereocenters. The topological polar surface area (TPSA) is 81.0 Å². The molecule has 0 amide bonds. The van der Waals surface area contributed by atoms with Crippen molar-refractivity contribution in [2.24, 2.45) is 0 Å². The first-order valence-electron chi connectivity index (χ1n) is 14.1. The lowest BCUT2D eigenvalue weighted by Crippen LogP contribution is -2.33. The zero-order chi connectivity index (χ0) is 27.3.